The van der Waals surface area contributed by atoms with Gasteiger partial charge in [0.2, 0.25) is 0 Å². The Bertz CT molecular complexity index is 569. The largest absolute Gasteiger partial charge is 0.488 e. The topological polar surface area (TPSA) is 39.2 Å². The molecular formula is C14H12BrNO2. The van der Waals surface area contributed by atoms with E-state index in [4.69, 9.17) is 4.74 Å². The number of hydrogen-bond acceptors (Lipinski definition) is 3. The van der Waals surface area contributed by atoms with Crippen molar-refractivity contribution in [1.82, 2.24) is 4.98 Å². The van der Waals surface area contributed by atoms with Crippen molar-refractivity contribution in [2.75, 3.05) is 0 Å². The van der Waals surface area contributed by atoms with Gasteiger partial charge in [0.05, 0.1) is 5.56 Å². The number of aldehydes is 1. The van der Waals surface area contributed by atoms with E-state index in [-0.39, 0.29) is 0 Å². The van der Waals surface area contributed by atoms with Crippen LogP contribution in [0.1, 0.15) is 21.5 Å². The van der Waals surface area contributed by atoms with Gasteiger partial charge in [0.25, 0.3) is 0 Å². The number of aryl methyl sites for hydroxylation is 1. The highest BCUT2D eigenvalue weighted by Crippen LogP contribution is 2.22. The monoisotopic (exact) mass is 305 g/mol. The van der Waals surface area contributed by atoms with Crippen molar-refractivity contribution in [1.29, 1.82) is 0 Å². The molecule has 18 heavy (non-hydrogen) atoms. The Balaban J connectivity index is 2.13. The number of hydrogen-bond donors (Lipinski definition) is 0. The maximum absolute atomic E-state index is 10.9. The van der Waals surface area contributed by atoms with Crippen molar-refractivity contribution in [3.63, 3.8) is 0 Å². The summed E-state index contributed by atoms with van der Waals surface area (Å²) in [6.07, 6.45) is 4.33. The molecule has 0 saturated carbocycles. The summed E-state index contributed by atoms with van der Waals surface area (Å²) in [4.78, 5) is 15.0. The lowest BCUT2D eigenvalue weighted by Crippen LogP contribution is -1.99. The van der Waals surface area contributed by atoms with Crippen molar-refractivity contribution >= 4 is 22.2 Å². The van der Waals surface area contributed by atoms with Gasteiger partial charge in [0.1, 0.15) is 12.4 Å². The molecule has 1 heterocycles. The smallest absolute Gasteiger partial charge is 0.153 e. The fourth-order valence-corrected chi connectivity index (χ4v) is 1.98. The molecule has 0 saturated heterocycles. The minimum Gasteiger partial charge on any atom is -0.488 e. The Morgan fingerprint density at radius 3 is 2.89 bits per heavy atom. The number of ether oxygens (including phenoxy) is 1. The first-order chi connectivity index (χ1) is 8.69. The van der Waals surface area contributed by atoms with Gasteiger partial charge in [-0.3, -0.25) is 9.78 Å². The Labute approximate surface area is 114 Å². The fraction of sp³-hybridized carbons (Fsp3) is 0.143. The van der Waals surface area contributed by atoms with Gasteiger partial charge >= 0.3 is 0 Å². The van der Waals surface area contributed by atoms with E-state index >= 15 is 0 Å². The molecule has 0 amide bonds. The number of carbonyl (C=O) groups is 1. The van der Waals surface area contributed by atoms with Crippen LogP contribution in [0.5, 0.6) is 5.75 Å². The predicted molar refractivity (Wildman–Crippen MR) is 72.8 cm³/mol. The Kier molecular flexibility index (Phi) is 4.10. The molecule has 0 bridgehead atoms. The average Bonchev–Trinajstić information content (AvgIpc) is 2.37. The fourth-order valence-electron chi connectivity index (χ4n) is 1.60. The van der Waals surface area contributed by atoms with Crippen LogP contribution < -0.4 is 4.74 Å². The number of benzene rings is 1. The van der Waals surface area contributed by atoms with Gasteiger partial charge < -0.3 is 4.74 Å². The second-order valence-corrected chi connectivity index (χ2v) is 4.87. The van der Waals surface area contributed by atoms with Crippen LogP contribution in [0.3, 0.4) is 0 Å². The Morgan fingerprint density at radius 1 is 1.33 bits per heavy atom. The SMILES string of the molecule is Cc1cncc(COc2ccc(Br)cc2C=O)c1. The normalized spacial score (nSPS) is 10.1. The highest BCUT2D eigenvalue weighted by atomic mass is 79.9. The molecule has 0 aliphatic heterocycles. The van der Waals surface area contributed by atoms with E-state index in [0.29, 0.717) is 17.9 Å². The molecule has 4 heteroatoms. The number of rotatable bonds is 4. The summed E-state index contributed by atoms with van der Waals surface area (Å²) in [5.74, 6) is 0.578. The van der Waals surface area contributed by atoms with Gasteiger partial charge in [0.15, 0.2) is 6.29 Å². The van der Waals surface area contributed by atoms with E-state index in [0.717, 1.165) is 21.9 Å². The summed E-state index contributed by atoms with van der Waals surface area (Å²) >= 11 is 3.32. The second kappa shape index (κ2) is 5.78. The molecule has 0 unspecified atom stereocenters. The molecule has 92 valence electrons. The Morgan fingerprint density at radius 2 is 2.17 bits per heavy atom. The lowest BCUT2D eigenvalue weighted by molar-refractivity contribution is 0.111. The molecular weight excluding hydrogens is 294 g/mol. The van der Waals surface area contributed by atoms with E-state index in [1.807, 2.05) is 19.1 Å². The maximum atomic E-state index is 10.9. The molecule has 0 aliphatic carbocycles. The predicted octanol–water partition coefficient (Wildman–Crippen LogP) is 3.54. The lowest BCUT2D eigenvalue weighted by atomic mass is 10.2. The van der Waals surface area contributed by atoms with Gasteiger partial charge in [-0.1, -0.05) is 15.9 Å². The molecule has 0 atom stereocenters. The zero-order chi connectivity index (χ0) is 13.0. The molecule has 1 aromatic carbocycles. The summed E-state index contributed by atoms with van der Waals surface area (Å²) in [5.41, 5.74) is 2.60. The van der Waals surface area contributed by atoms with Gasteiger partial charge in [-0.25, -0.2) is 0 Å². The van der Waals surface area contributed by atoms with Crippen LogP contribution in [0.25, 0.3) is 0 Å². The Hall–Kier alpha value is -1.68. The molecule has 3 nitrogen and oxygen atoms in total. The molecule has 0 aliphatic rings. The molecule has 2 aromatic rings. The van der Waals surface area contributed by atoms with Crippen LogP contribution in [0.2, 0.25) is 0 Å². The summed E-state index contributed by atoms with van der Waals surface area (Å²) < 4.78 is 6.49. The first-order valence-corrected chi connectivity index (χ1v) is 6.26. The third-order valence-electron chi connectivity index (χ3n) is 2.42. The van der Waals surface area contributed by atoms with Gasteiger partial charge in [-0.05, 0) is 36.8 Å². The van der Waals surface area contributed by atoms with Crippen LogP contribution in [0, 0.1) is 6.92 Å². The maximum Gasteiger partial charge on any atom is 0.153 e. The second-order valence-electron chi connectivity index (χ2n) is 3.96. The van der Waals surface area contributed by atoms with Gasteiger partial charge in [0, 0.05) is 22.4 Å². The highest BCUT2D eigenvalue weighted by molar-refractivity contribution is 9.10. The molecule has 0 radical (unpaired) electrons. The summed E-state index contributed by atoms with van der Waals surface area (Å²) in [7, 11) is 0. The number of carbonyl (C=O) groups excluding carboxylic acids is 1. The van der Waals surface area contributed by atoms with E-state index in [2.05, 4.69) is 20.9 Å². The number of aromatic nitrogens is 1. The summed E-state index contributed by atoms with van der Waals surface area (Å²) in [5, 5.41) is 0. The molecule has 0 N–H and O–H groups in total. The van der Waals surface area contributed by atoms with E-state index in [1.54, 1.807) is 24.5 Å². The third kappa shape index (κ3) is 3.17. The van der Waals surface area contributed by atoms with Crippen LogP contribution >= 0.6 is 15.9 Å². The highest BCUT2D eigenvalue weighted by Gasteiger charge is 2.04. The first kappa shape index (κ1) is 12.8. The molecule has 2 rings (SSSR count). The lowest BCUT2D eigenvalue weighted by Gasteiger charge is -2.09. The van der Waals surface area contributed by atoms with Gasteiger partial charge in [-0.2, -0.15) is 0 Å². The summed E-state index contributed by atoms with van der Waals surface area (Å²) in [6, 6.07) is 7.36. The van der Waals surface area contributed by atoms with E-state index in [1.165, 1.54) is 0 Å². The number of nitrogens with zero attached hydrogens (tertiary/aromatic N) is 1. The zero-order valence-corrected chi connectivity index (χ0v) is 11.5. The third-order valence-corrected chi connectivity index (χ3v) is 2.92. The van der Waals surface area contributed by atoms with Crippen LogP contribution in [0.15, 0.2) is 41.1 Å². The van der Waals surface area contributed by atoms with E-state index < -0.39 is 0 Å². The molecule has 1 aromatic heterocycles. The van der Waals surface area contributed by atoms with Gasteiger partial charge in [-0.15, -0.1) is 0 Å². The van der Waals surface area contributed by atoms with Crippen molar-refractivity contribution in [3.8, 4) is 5.75 Å². The molecule has 0 fully saturated rings. The zero-order valence-electron chi connectivity index (χ0n) is 9.89. The van der Waals surface area contributed by atoms with Crippen molar-refractivity contribution in [2.24, 2.45) is 0 Å². The van der Waals surface area contributed by atoms with Crippen molar-refractivity contribution in [3.05, 3.63) is 57.8 Å². The van der Waals surface area contributed by atoms with Crippen molar-refractivity contribution in [2.45, 2.75) is 13.5 Å². The quantitative estimate of drug-likeness (QED) is 0.811. The summed E-state index contributed by atoms with van der Waals surface area (Å²) in [6.45, 7) is 2.38. The average molecular weight is 306 g/mol. The first-order valence-electron chi connectivity index (χ1n) is 5.47. The van der Waals surface area contributed by atoms with Crippen LogP contribution in [0.4, 0.5) is 0 Å². The number of pyridine rings is 1. The standard InChI is InChI=1S/C14H12BrNO2/c1-10-4-11(7-16-6-10)9-18-14-3-2-13(15)5-12(14)8-17/h2-8H,9H2,1H3. The minimum absolute atomic E-state index is 0.400. The molecule has 0 spiro atoms. The number of halogens is 1. The van der Waals surface area contributed by atoms with Crippen LogP contribution in [-0.2, 0) is 6.61 Å². The van der Waals surface area contributed by atoms with Crippen molar-refractivity contribution < 1.29 is 9.53 Å². The minimum atomic E-state index is 0.400. The van der Waals surface area contributed by atoms with Crippen LogP contribution in [-0.4, -0.2) is 11.3 Å². The van der Waals surface area contributed by atoms with E-state index in [9.17, 15) is 4.79 Å².